The fourth-order valence-corrected chi connectivity index (χ4v) is 1.79. The number of aryl methyl sites for hydroxylation is 1. The summed E-state index contributed by atoms with van der Waals surface area (Å²) >= 11 is 0. The van der Waals surface area contributed by atoms with E-state index in [1.54, 1.807) is 4.68 Å². The van der Waals surface area contributed by atoms with Crippen LogP contribution < -0.4 is 0 Å². The molecule has 1 atom stereocenters. The summed E-state index contributed by atoms with van der Waals surface area (Å²) in [5.41, 5.74) is -0.426. The summed E-state index contributed by atoms with van der Waals surface area (Å²) in [5.74, 6) is 0.937. The molecule has 0 bridgehead atoms. The summed E-state index contributed by atoms with van der Waals surface area (Å²) in [6.45, 7) is 6.74. The number of hydrogen-bond donors (Lipinski definition) is 0. The van der Waals surface area contributed by atoms with E-state index < -0.39 is 5.54 Å². The van der Waals surface area contributed by atoms with E-state index in [0.29, 0.717) is 6.42 Å². The predicted molar refractivity (Wildman–Crippen MR) is 66.8 cm³/mol. The van der Waals surface area contributed by atoms with Crippen molar-refractivity contribution in [2.24, 2.45) is 0 Å². The third-order valence-corrected chi connectivity index (χ3v) is 3.59. The quantitative estimate of drug-likeness (QED) is 0.745. The highest BCUT2D eigenvalue weighted by atomic mass is 16.1. The van der Waals surface area contributed by atoms with Crippen molar-refractivity contribution >= 4 is 5.78 Å². The zero-order valence-corrected chi connectivity index (χ0v) is 11.4. The number of carbonyl (C=O) groups is 1. The Bertz CT molecular complexity index is 386. The third-order valence-electron chi connectivity index (χ3n) is 3.59. The summed E-state index contributed by atoms with van der Waals surface area (Å²) in [6, 6.07) is 0. The van der Waals surface area contributed by atoms with Crippen molar-refractivity contribution in [2.45, 2.75) is 45.7 Å². The van der Waals surface area contributed by atoms with Crippen molar-refractivity contribution in [1.29, 1.82) is 0 Å². The van der Waals surface area contributed by atoms with Crippen LogP contribution in [0, 0.1) is 0 Å². The fourth-order valence-electron chi connectivity index (χ4n) is 1.79. The topological polar surface area (TPSA) is 51.0 Å². The molecule has 1 aromatic rings. The molecule has 0 spiro atoms. The maximum atomic E-state index is 12.4. The van der Waals surface area contributed by atoms with Crippen LogP contribution in [0.1, 0.15) is 33.0 Å². The highest BCUT2D eigenvalue weighted by molar-refractivity contribution is 5.89. The molecule has 0 amide bonds. The molecule has 0 radical (unpaired) electrons. The van der Waals surface area contributed by atoms with Crippen LogP contribution >= 0.6 is 0 Å². The molecule has 1 unspecified atom stereocenters. The summed E-state index contributed by atoms with van der Waals surface area (Å²) in [4.78, 5) is 18.5. The van der Waals surface area contributed by atoms with Crippen molar-refractivity contribution in [3.63, 3.8) is 0 Å². The van der Waals surface area contributed by atoms with Crippen LogP contribution in [0.3, 0.4) is 0 Å². The summed E-state index contributed by atoms with van der Waals surface area (Å²) in [7, 11) is 3.87. The van der Waals surface area contributed by atoms with Crippen molar-refractivity contribution in [3.05, 3.63) is 12.2 Å². The molecule has 1 heterocycles. The lowest BCUT2D eigenvalue weighted by atomic mass is 9.90. The van der Waals surface area contributed by atoms with Gasteiger partial charge < -0.3 is 0 Å². The maximum Gasteiger partial charge on any atom is 0.160 e. The molecule has 0 saturated heterocycles. The van der Waals surface area contributed by atoms with E-state index in [-0.39, 0.29) is 5.78 Å². The lowest BCUT2D eigenvalue weighted by Gasteiger charge is -2.33. The average molecular weight is 238 g/mol. The van der Waals surface area contributed by atoms with Gasteiger partial charge in [-0.15, -0.1) is 0 Å². The largest absolute Gasteiger partial charge is 0.297 e. The standard InChI is InChI=1S/C12H22N4O/c1-6-12(3,15(4)5)10(17)8-11-13-9-14-16(11)7-2/h9H,6-8H2,1-5H3. The van der Waals surface area contributed by atoms with Gasteiger partial charge in [0.25, 0.3) is 0 Å². The molecule has 0 aliphatic heterocycles. The minimum Gasteiger partial charge on any atom is -0.297 e. The maximum absolute atomic E-state index is 12.4. The monoisotopic (exact) mass is 238 g/mol. The minimum atomic E-state index is -0.426. The molecule has 0 aromatic carbocycles. The Morgan fingerprint density at radius 2 is 2.12 bits per heavy atom. The number of nitrogens with zero attached hydrogens (tertiary/aromatic N) is 4. The van der Waals surface area contributed by atoms with Gasteiger partial charge in [0.2, 0.25) is 0 Å². The summed E-state index contributed by atoms with van der Waals surface area (Å²) in [5, 5.41) is 4.08. The van der Waals surface area contributed by atoms with E-state index in [4.69, 9.17) is 0 Å². The van der Waals surface area contributed by atoms with Gasteiger partial charge in [0.1, 0.15) is 12.2 Å². The number of rotatable bonds is 6. The van der Waals surface area contributed by atoms with Gasteiger partial charge in [-0.1, -0.05) is 6.92 Å². The molecule has 0 aliphatic rings. The van der Waals surface area contributed by atoms with Crippen LogP contribution in [0.4, 0.5) is 0 Å². The van der Waals surface area contributed by atoms with E-state index in [0.717, 1.165) is 18.8 Å². The number of hydrogen-bond acceptors (Lipinski definition) is 4. The Labute approximate surface area is 103 Å². The Morgan fingerprint density at radius 3 is 2.59 bits per heavy atom. The number of likely N-dealkylation sites (N-methyl/N-ethyl adjacent to an activating group) is 1. The molecule has 0 N–H and O–H groups in total. The second-order valence-electron chi connectivity index (χ2n) is 4.61. The van der Waals surface area contributed by atoms with E-state index in [1.165, 1.54) is 6.33 Å². The van der Waals surface area contributed by atoms with Gasteiger partial charge in [0.05, 0.1) is 12.0 Å². The lowest BCUT2D eigenvalue weighted by molar-refractivity contribution is -0.128. The first-order valence-corrected chi connectivity index (χ1v) is 6.03. The molecule has 17 heavy (non-hydrogen) atoms. The fraction of sp³-hybridized carbons (Fsp3) is 0.750. The molecule has 0 fully saturated rings. The van der Waals surface area contributed by atoms with Crippen LogP contribution in [-0.4, -0.2) is 45.1 Å². The molecule has 96 valence electrons. The van der Waals surface area contributed by atoms with Crippen LogP contribution in [0.15, 0.2) is 6.33 Å². The first-order chi connectivity index (χ1) is 7.95. The zero-order chi connectivity index (χ0) is 13.1. The van der Waals surface area contributed by atoms with E-state index in [1.807, 2.05) is 39.8 Å². The Kier molecular flexibility index (Phi) is 4.40. The number of aromatic nitrogens is 3. The first-order valence-electron chi connectivity index (χ1n) is 6.03. The van der Waals surface area contributed by atoms with Crippen molar-refractivity contribution in [2.75, 3.05) is 14.1 Å². The van der Waals surface area contributed by atoms with Crippen LogP contribution in [0.25, 0.3) is 0 Å². The van der Waals surface area contributed by atoms with E-state index in [9.17, 15) is 4.79 Å². The molecule has 0 saturated carbocycles. The average Bonchev–Trinajstić information content (AvgIpc) is 2.74. The molecule has 1 aromatic heterocycles. The third kappa shape index (κ3) is 2.72. The lowest BCUT2D eigenvalue weighted by Crippen LogP contribution is -2.49. The highest BCUT2D eigenvalue weighted by Crippen LogP contribution is 2.19. The van der Waals surface area contributed by atoms with Crippen LogP contribution in [0.2, 0.25) is 0 Å². The molecule has 0 aliphatic carbocycles. The second-order valence-corrected chi connectivity index (χ2v) is 4.61. The second kappa shape index (κ2) is 5.40. The number of Topliss-reactive ketones (excluding diaryl/α,β-unsaturated/α-hetero) is 1. The van der Waals surface area contributed by atoms with E-state index in [2.05, 4.69) is 10.1 Å². The Balaban J connectivity index is 2.85. The summed E-state index contributed by atoms with van der Waals surface area (Å²) in [6.07, 6.45) is 2.64. The van der Waals surface area contributed by atoms with Gasteiger partial charge in [0.15, 0.2) is 5.78 Å². The number of ketones is 1. The molecular weight excluding hydrogens is 216 g/mol. The van der Waals surface area contributed by atoms with Gasteiger partial charge >= 0.3 is 0 Å². The van der Waals surface area contributed by atoms with Crippen molar-refractivity contribution in [3.8, 4) is 0 Å². The van der Waals surface area contributed by atoms with Crippen LogP contribution in [-0.2, 0) is 17.8 Å². The highest BCUT2D eigenvalue weighted by Gasteiger charge is 2.33. The van der Waals surface area contributed by atoms with Crippen LogP contribution in [0.5, 0.6) is 0 Å². The van der Waals surface area contributed by atoms with Gasteiger partial charge in [-0.25, -0.2) is 9.67 Å². The smallest absolute Gasteiger partial charge is 0.160 e. The zero-order valence-electron chi connectivity index (χ0n) is 11.4. The molecule has 5 nitrogen and oxygen atoms in total. The van der Waals surface area contributed by atoms with Gasteiger partial charge in [-0.05, 0) is 34.4 Å². The van der Waals surface area contributed by atoms with Gasteiger partial charge in [0, 0.05) is 6.54 Å². The molecule has 5 heteroatoms. The Morgan fingerprint density at radius 1 is 1.47 bits per heavy atom. The number of carbonyl (C=O) groups excluding carboxylic acids is 1. The predicted octanol–water partition coefficient (Wildman–Crippen LogP) is 1.14. The minimum absolute atomic E-state index is 0.188. The van der Waals surface area contributed by atoms with Crippen molar-refractivity contribution in [1.82, 2.24) is 19.7 Å². The molecular formula is C12H22N4O. The molecule has 1 rings (SSSR count). The first kappa shape index (κ1) is 13.8. The Hall–Kier alpha value is -1.23. The van der Waals surface area contributed by atoms with Gasteiger partial charge in [-0.3, -0.25) is 9.69 Å². The van der Waals surface area contributed by atoms with Crippen molar-refractivity contribution < 1.29 is 4.79 Å². The normalized spacial score (nSPS) is 14.9. The van der Waals surface area contributed by atoms with E-state index >= 15 is 0 Å². The van der Waals surface area contributed by atoms with Gasteiger partial charge in [-0.2, -0.15) is 5.10 Å². The SMILES string of the molecule is CCn1ncnc1CC(=O)C(C)(CC)N(C)C. The summed E-state index contributed by atoms with van der Waals surface area (Å²) < 4.78 is 1.77.